The van der Waals surface area contributed by atoms with Crippen molar-refractivity contribution in [3.8, 4) is 0 Å². The standard InChI is InChI=1S/C21H24N6O2/c1-15-11-21(14-27(15)20(29)18-12-22-24-23-18)5-8-25(9-6-21)19(28)16-10-17-4-2-3-7-26(17)13-16/h2-4,7,10,12-13,15H,5-6,8-9,11,14H2,1H3,(H,22,23,24). The zero-order valence-electron chi connectivity index (χ0n) is 16.4. The van der Waals surface area contributed by atoms with Crippen LogP contribution in [0.2, 0.25) is 0 Å². The summed E-state index contributed by atoms with van der Waals surface area (Å²) in [6.07, 6.45) is 8.13. The van der Waals surface area contributed by atoms with Crippen LogP contribution in [0.1, 0.15) is 47.0 Å². The Kier molecular flexibility index (Phi) is 4.15. The number of nitrogens with zero attached hydrogens (tertiary/aromatic N) is 5. The van der Waals surface area contributed by atoms with Crippen LogP contribution in [0, 0.1) is 5.41 Å². The van der Waals surface area contributed by atoms with Gasteiger partial charge in [0.25, 0.3) is 11.8 Å². The van der Waals surface area contributed by atoms with Crippen molar-refractivity contribution in [1.29, 1.82) is 0 Å². The van der Waals surface area contributed by atoms with Gasteiger partial charge in [-0.1, -0.05) is 6.07 Å². The molecule has 8 heteroatoms. The highest BCUT2D eigenvalue weighted by atomic mass is 16.2. The molecule has 5 heterocycles. The summed E-state index contributed by atoms with van der Waals surface area (Å²) in [5, 5.41) is 10.2. The van der Waals surface area contributed by atoms with Crippen molar-refractivity contribution in [2.45, 2.75) is 32.2 Å². The first kappa shape index (κ1) is 17.9. The summed E-state index contributed by atoms with van der Waals surface area (Å²) in [5.74, 6) is 0.0206. The average Bonchev–Trinajstić information content (AvgIpc) is 3.46. The van der Waals surface area contributed by atoms with Crippen molar-refractivity contribution in [2.24, 2.45) is 5.41 Å². The predicted molar refractivity (Wildman–Crippen MR) is 106 cm³/mol. The summed E-state index contributed by atoms with van der Waals surface area (Å²) in [6.45, 7) is 4.27. The van der Waals surface area contributed by atoms with Gasteiger partial charge in [0, 0.05) is 43.6 Å². The van der Waals surface area contributed by atoms with E-state index in [2.05, 4.69) is 22.3 Å². The Morgan fingerprint density at radius 3 is 2.76 bits per heavy atom. The predicted octanol–water partition coefficient (Wildman–Crippen LogP) is 2.21. The minimum absolute atomic E-state index is 0.0675. The maximum Gasteiger partial charge on any atom is 0.276 e. The van der Waals surface area contributed by atoms with Gasteiger partial charge in [0.2, 0.25) is 0 Å². The van der Waals surface area contributed by atoms with Crippen LogP contribution in [0.4, 0.5) is 0 Å². The van der Waals surface area contributed by atoms with E-state index >= 15 is 0 Å². The molecule has 1 spiro atoms. The molecular weight excluding hydrogens is 368 g/mol. The summed E-state index contributed by atoms with van der Waals surface area (Å²) < 4.78 is 1.98. The van der Waals surface area contributed by atoms with Crippen molar-refractivity contribution in [2.75, 3.05) is 19.6 Å². The van der Waals surface area contributed by atoms with Gasteiger partial charge in [0.05, 0.1) is 11.8 Å². The highest BCUT2D eigenvalue weighted by Crippen LogP contribution is 2.43. The Labute approximate surface area is 168 Å². The molecule has 2 amide bonds. The Bertz CT molecular complexity index is 1020. The van der Waals surface area contributed by atoms with E-state index in [1.165, 1.54) is 6.20 Å². The molecule has 150 valence electrons. The quantitative estimate of drug-likeness (QED) is 0.724. The molecule has 2 aliphatic heterocycles. The number of rotatable bonds is 2. The summed E-state index contributed by atoms with van der Waals surface area (Å²) in [7, 11) is 0. The van der Waals surface area contributed by atoms with Gasteiger partial charge in [-0.3, -0.25) is 9.59 Å². The molecule has 29 heavy (non-hydrogen) atoms. The van der Waals surface area contributed by atoms with Crippen LogP contribution in [0.15, 0.2) is 42.9 Å². The minimum atomic E-state index is -0.0675. The van der Waals surface area contributed by atoms with Crippen LogP contribution < -0.4 is 0 Å². The lowest BCUT2D eigenvalue weighted by Crippen LogP contribution is -2.44. The molecule has 1 atom stereocenters. The molecule has 0 bridgehead atoms. The summed E-state index contributed by atoms with van der Waals surface area (Å²) in [4.78, 5) is 29.6. The van der Waals surface area contributed by atoms with Crippen LogP contribution in [-0.2, 0) is 0 Å². The molecular formula is C21H24N6O2. The number of H-pyrrole nitrogens is 1. The van der Waals surface area contributed by atoms with Crippen LogP contribution in [-0.4, -0.2) is 67.1 Å². The van der Waals surface area contributed by atoms with Crippen LogP contribution in [0.25, 0.3) is 5.52 Å². The maximum atomic E-state index is 13.0. The van der Waals surface area contributed by atoms with Crippen LogP contribution in [0.5, 0.6) is 0 Å². The molecule has 0 radical (unpaired) electrons. The van der Waals surface area contributed by atoms with E-state index in [9.17, 15) is 9.59 Å². The highest BCUT2D eigenvalue weighted by Gasteiger charge is 2.46. The van der Waals surface area contributed by atoms with E-state index in [-0.39, 0.29) is 23.3 Å². The second-order valence-corrected chi connectivity index (χ2v) is 8.40. The smallest absolute Gasteiger partial charge is 0.276 e. The maximum absolute atomic E-state index is 13.0. The van der Waals surface area contributed by atoms with E-state index in [4.69, 9.17) is 0 Å². The van der Waals surface area contributed by atoms with Gasteiger partial charge in [-0.15, -0.1) is 0 Å². The zero-order valence-corrected chi connectivity index (χ0v) is 16.4. The number of pyridine rings is 1. The van der Waals surface area contributed by atoms with Crippen molar-refractivity contribution >= 4 is 17.3 Å². The number of aromatic nitrogens is 4. The largest absolute Gasteiger partial charge is 0.339 e. The lowest BCUT2D eigenvalue weighted by molar-refractivity contribution is 0.0562. The van der Waals surface area contributed by atoms with Gasteiger partial charge in [-0.05, 0) is 49.8 Å². The fourth-order valence-corrected chi connectivity index (χ4v) is 4.94. The molecule has 2 fully saturated rings. The lowest BCUT2D eigenvalue weighted by Gasteiger charge is -2.39. The normalized spacial score (nSPS) is 21.2. The first-order chi connectivity index (χ1) is 14.0. The summed E-state index contributed by atoms with van der Waals surface area (Å²) >= 11 is 0. The van der Waals surface area contributed by atoms with Gasteiger partial charge >= 0.3 is 0 Å². The second kappa shape index (κ2) is 6.72. The number of piperidine rings is 1. The molecule has 0 aromatic carbocycles. The third kappa shape index (κ3) is 3.08. The Hall–Kier alpha value is -3.16. The number of fused-ring (bicyclic) bond motifs is 1. The Morgan fingerprint density at radius 1 is 1.21 bits per heavy atom. The molecule has 0 saturated carbocycles. The molecule has 3 aromatic heterocycles. The van der Waals surface area contributed by atoms with E-state index in [0.29, 0.717) is 5.69 Å². The lowest BCUT2D eigenvalue weighted by atomic mass is 9.76. The SMILES string of the molecule is CC1CC2(CCN(C(=O)c3cc4ccccn4c3)CC2)CN1C(=O)c1cn[nH]n1. The van der Waals surface area contributed by atoms with E-state index in [1.807, 2.05) is 50.9 Å². The zero-order chi connectivity index (χ0) is 20.0. The molecule has 2 saturated heterocycles. The molecule has 1 unspecified atom stereocenters. The van der Waals surface area contributed by atoms with Crippen molar-refractivity contribution in [1.82, 2.24) is 29.6 Å². The Morgan fingerprint density at radius 2 is 2.03 bits per heavy atom. The molecule has 2 aliphatic rings. The molecule has 5 rings (SSSR count). The monoisotopic (exact) mass is 392 g/mol. The van der Waals surface area contributed by atoms with E-state index < -0.39 is 0 Å². The first-order valence-corrected chi connectivity index (χ1v) is 10.1. The highest BCUT2D eigenvalue weighted by molar-refractivity contribution is 5.95. The Balaban J connectivity index is 1.26. The fraction of sp³-hybridized carbons (Fsp3) is 0.429. The number of carbonyl (C=O) groups excluding carboxylic acids is 2. The van der Waals surface area contributed by atoms with Gasteiger partial charge in [0.15, 0.2) is 5.69 Å². The third-order valence-corrected chi connectivity index (χ3v) is 6.52. The molecule has 0 aliphatic carbocycles. The third-order valence-electron chi connectivity index (χ3n) is 6.52. The second-order valence-electron chi connectivity index (χ2n) is 8.40. The van der Waals surface area contributed by atoms with Crippen LogP contribution >= 0.6 is 0 Å². The number of hydrogen-bond acceptors (Lipinski definition) is 4. The molecule has 3 aromatic rings. The fourth-order valence-electron chi connectivity index (χ4n) is 4.94. The average molecular weight is 392 g/mol. The number of hydrogen-bond donors (Lipinski definition) is 1. The van der Waals surface area contributed by atoms with Gasteiger partial charge in [-0.2, -0.15) is 15.4 Å². The first-order valence-electron chi connectivity index (χ1n) is 10.1. The van der Waals surface area contributed by atoms with Gasteiger partial charge in [0.1, 0.15) is 0 Å². The van der Waals surface area contributed by atoms with Gasteiger partial charge < -0.3 is 14.2 Å². The number of likely N-dealkylation sites (tertiary alicyclic amines) is 2. The number of aromatic amines is 1. The number of nitrogens with one attached hydrogen (secondary N) is 1. The topological polar surface area (TPSA) is 86.6 Å². The molecule has 1 N–H and O–H groups in total. The van der Waals surface area contributed by atoms with Gasteiger partial charge in [-0.25, -0.2) is 0 Å². The summed E-state index contributed by atoms with van der Waals surface area (Å²) in [5.41, 5.74) is 2.20. The van der Waals surface area contributed by atoms with Crippen LogP contribution in [0.3, 0.4) is 0 Å². The molecule has 8 nitrogen and oxygen atoms in total. The van der Waals surface area contributed by atoms with Crippen molar-refractivity contribution in [3.05, 3.63) is 54.1 Å². The van der Waals surface area contributed by atoms with Crippen molar-refractivity contribution < 1.29 is 9.59 Å². The summed E-state index contributed by atoms with van der Waals surface area (Å²) in [6, 6.07) is 8.05. The number of carbonyl (C=O) groups is 2. The minimum Gasteiger partial charge on any atom is -0.339 e. The van der Waals surface area contributed by atoms with E-state index in [0.717, 1.165) is 50.0 Å². The number of amides is 2. The van der Waals surface area contributed by atoms with Crippen molar-refractivity contribution in [3.63, 3.8) is 0 Å². The van der Waals surface area contributed by atoms with E-state index in [1.54, 1.807) is 0 Å².